The summed E-state index contributed by atoms with van der Waals surface area (Å²) >= 11 is 5.96. The van der Waals surface area contributed by atoms with Crippen molar-refractivity contribution in [1.82, 2.24) is 29.4 Å². The Balaban J connectivity index is 1.83. The van der Waals surface area contributed by atoms with Crippen LogP contribution in [0.25, 0.3) is 17.2 Å². The van der Waals surface area contributed by atoms with Crippen LogP contribution in [0, 0.1) is 0 Å². The number of hydrogen-bond acceptors (Lipinski definition) is 5. The van der Waals surface area contributed by atoms with E-state index >= 15 is 0 Å². The van der Waals surface area contributed by atoms with Crippen molar-refractivity contribution < 1.29 is 9.59 Å². The second-order valence-electron chi connectivity index (χ2n) is 6.25. The van der Waals surface area contributed by atoms with E-state index in [1.165, 1.54) is 0 Å². The van der Waals surface area contributed by atoms with Crippen molar-refractivity contribution in [2.24, 2.45) is 5.73 Å². The molecule has 4 rings (SSSR count). The lowest BCUT2D eigenvalue weighted by Crippen LogP contribution is -2.37. The Morgan fingerprint density at radius 3 is 2.67 bits per heavy atom. The Bertz CT molecular complexity index is 1040. The highest BCUT2D eigenvalue weighted by Crippen LogP contribution is 2.24. The number of rotatable bonds is 4. The van der Waals surface area contributed by atoms with Crippen LogP contribution in [-0.4, -0.2) is 54.9 Å². The molecule has 2 aromatic heterocycles. The van der Waals surface area contributed by atoms with Gasteiger partial charge in [0.1, 0.15) is 11.4 Å². The van der Waals surface area contributed by atoms with E-state index in [-0.39, 0.29) is 18.2 Å². The molecule has 3 heterocycles. The number of primary amides is 1. The van der Waals surface area contributed by atoms with Gasteiger partial charge in [0, 0.05) is 24.7 Å². The minimum Gasteiger partial charge on any atom is -0.369 e. The third-order valence-corrected chi connectivity index (χ3v) is 4.53. The number of halogens is 1. The number of carbonyl (C=O) groups is 2. The summed E-state index contributed by atoms with van der Waals surface area (Å²) in [6.45, 7) is 1.19. The molecule has 10 heteroatoms. The Kier molecular flexibility index (Phi) is 4.15. The van der Waals surface area contributed by atoms with Gasteiger partial charge in [0.05, 0.1) is 18.7 Å². The molecular formula is C17H16ClN7O2. The maximum absolute atomic E-state index is 12.4. The number of aromatic nitrogens is 5. The van der Waals surface area contributed by atoms with Crippen LogP contribution < -0.4 is 5.73 Å². The summed E-state index contributed by atoms with van der Waals surface area (Å²) in [7, 11) is 1.75. The van der Waals surface area contributed by atoms with Gasteiger partial charge in [0.2, 0.25) is 5.91 Å². The van der Waals surface area contributed by atoms with E-state index in [9.17, 15) is 9.59 Å². The molecule has 0 fully saturated rings. The van der Waals surface area contributed by atoms with Crippen molar-refractivity contribution in [3.05, 3.63) is 46.9 Å². The third-order valence-electron chi connectivity index (χ3n) is 4.28. The second-order valence-corrected chi connectivity index (χ2v) is 6.68. The molecule has 27 heavy (non-hydrogen) atoms. The van der Waals surface area contributed by atoms with E-state index in [2.05, 4.69) is 15.2 Å². The smallest absolute Gasteiger partial charge is 0.271 e. The van der Waals surface area contributed by atoms with Crippen LogP contribution in [-0.2, 0) is 17.8 Å². The predicted molar refractivity (Wildman–Crippen MR) is 97.4 cm³/mol. The third kappa shape index (κ3) is 3.17. The monoisotopic (exact) mass is 385 g/mol. The average molecular weight is 386 g/mol. The molecule has 0 radical (unpaired) electrons. The number of benzene rings is 1. The molecule has 2 amide bonds. The lowest BCUT2D eigenvalue weighted by atomic mass is 10.2. The normalized spacial score (nSPS) is 13.7. The number of nitrogens with two attached hydrogens (primary N) is 1. The van der Waals surface area contributed by atoms with Crippen LogP contribution in [0.2, 0.25) is 5.02 Å². The first-order valence-electron chi connectivity index (χ1n) is 8.26. The van der Waals surface area contributed by atoms with Gasteiger partial charge in [0.25, 0.3) is 5.91 Å². The molecule has 138 valence electrons. The molecule has 1 aromatic carbocycles. The summed E-state index contributed by atoms with van der Waals surface area (Å²) in [5.74, 6) is 0.0680. The van der Waals surface area contributed by atoms with Gasteiger partial charge in [-0.15, -0.1) is 0 Å². The van der Waals surface area contributed by atoms with Crippen LogP contribution in [0.3, 0.4) is 0 Å². The summed E-state index contributed by atoms with van der Waals surface area (Å²) in [6, 6.07) is 8.70. The quantitative estimate of drug-likeness (QED) is 0.717. The number of nitrogens with zero attached hydrogens (tertiary/aromatic N) is 6. The van der Waals surface area contributed by atoms with Crippen LogP contribution >= 0.6 is 11.6 Å². The molecule has 0 saturated carbocycles. The highest BCUT2D eigenvalue weighted by molar-refractivity contribution is 6.30. The lowest BCUT2D eigenvalue weighted by molar-refractivity contribution is -0.117. The summed E-state index contributed by atoms with van der Waals surface area (Å²) in [5.41, 5.74) is 6.96. The zero-order chi connectivity index (χ0) is 19.1. The van der Waals surface area contributed by atoms with Gasteiger partial charge in [-0.2, -0.15) is 10.2 Å². The largest absolute Gasteiger partial charge is 0.369 e. The Morgan fingerprint density at radius 2 is 1.96 bits per heavy atom. The molecule has 0 aliphatic carbocycles. The van der Waals surface area contributed by atoms with E-state index in [1.54, 1.807) is 51.6 Å². The van der Waals surface area contributed by atoms with Crippen LogP contribution in [0.15, 0.2) is 30.3 Å². The number of hydrogen-bond donors (Lipinski definition) is 1. The Morgan fingerprint density at radius 1 is 1.22 bits per heavy atom. The van der Waals surface area contributed by atoms with Crippen LogP contribution in [0.5, 0.6) is 0 Å². The van der Waals surface area contributed by atoms with Crippen molar-refractivity contribution in [2.75, 3.05) is 13.6 Å². The summed E-state index contributed by atoms with van der Waals surface area (Å²) in [4.78, 5) is 29.7. The average Bonchev–Trinajstić information content (AvgIpc) is 3.23. The minimum atomic E-state index is -0.532. The van der Waals surface area contributed by atoms with E-state index in [4.69, 9.17) is 17.3 Å². The molecule has 1 aliphatic rings. The fourth-order valence-corrected chi connectivity index (χ4v) is 3.05. The van der Waals surface area contributed by atoms with Gasteiger partial charge in [-0.25, -0.2) is 9.67 Å². The van der Waals surface area contributed by atoms with E-state index in [0.29, 0.717) is 41.0 Å². The SMILES string of the molecule is CN1CCn2nc(-c3nc(CC(N)=O)nn3-c3ccc(Cl)cc3)cc2C1=O. The summed E-state index contributed by atoms with van der Waals surface area (Å²) in [5, 5.41) is 9.48. The van der Waals surface area contributed by atoms with E-state index < -0.39 is 5.91 Å². The van der Waals surface area contributed by atoms with Crippen molar-refractivity contribution in [1.29, 1.82) is 0 Å². The van der Waals surface area contributed by atoms with Gasteiger partial charge in [0.15, 0.2) is 11.6 Å². The summed E-state index contributed by atoms with van der Waals surface area (Å²) in [6.07, 6.45) is -0.0944. The molecule has 0 unspecified atom stereocenters. The molecule has 9 nitrogen and oxygen atoms in total. The first-order valence-corrected chi connectivity index (χ1v) is 8.64. The van der Waals surface area contributed by atoms with Gasteiger partial charge in [-0.1, -0.05) is 11.6 Å². The number of amides is 2. The maximum atomic E-state index is 12.4. The highest BCUT2D eigenvalue weighted by atomic mass is 35.5. The van der Waals surface area contributed by atoms with Crippen LogP contribution in [0.1, 0.15) is 16.3 Å². The first kappa shape index (κ1) is 17.2. The van der Waals surface area contributed by atoms with Crippen molar-refractivity contribution >= 4 is 23.4 Å². The predicted octanol–water partition coefficient (Wildman–Crippen LogP) is 0.898. The number of carbonyl (C=O) groups excluding carboxylic acids is 2. The summed E-state index contributed by atoms with van der Waals surface area (Å²) < 4.78 is 3.23. The lowest BCUT2D eigenvalue weighted by Gasteiger charge is -2.22. The minimum absolute atomic E-state index is 0.0944. The van der Waals surface area contributed by atoms with Crippen molar-refractivity contribution in [3.63, 3.8) is 0 Å². The zero-order valence-electron chi connectivity index (χ0n) is 14.5. The molecule has 0 bridgehead atoms. The van der Waals surface area contributed by atoms with E-state index in [0.717, 1.165) is 0 Å². The molecule has 0 saturated heterocycles. The Labute approximate surface area is 159 Å². The molecule has 0 atom stereocenters. The molecule has 0 spiro atoms. The van der Waals surface area contributed by atoms with Gasteiger partial charge in [-0.05, 0) is 24.3 Å². The maximum Gasteiger partial charge on any atom is 0.271 e. The molecular weight excluding hydrogens is 370 g/mol. The molecule has 2 N–H and O–H groups in total. The van der Waals surface area contributed by atoms with Crippen molar-refractivity contribution in [3.8, 4) is 17.2 Å². The molecule has 3 aromatic rings. The number of likely N-dealkylation sites (N-methyl/N-ethyl adjacent to an activating group) is 1. The zero-order valence-corrected chi connectivity index (χ0v) is 15.2. The van der Waals surface area contributed by atoms with E-state index in [1.807, 2.05) is 0 Å². The van der Waals surface area contributed by atoms with Gasteiger partial charge in [-0.3, -0.25) is 14.3 Å². The molecule has 1 aliphatic heterocycles. The van der Waals surface area contributed by atoms with Crippen LogP contribution in [0.4, 0.5) is 0 Å². The van der Waals surface area contributed by atoms with Gasteiger partial charge >= 0.3 is 0 Å². The second kappa shape index (κ2) is 6.51. The highest BCUT2D eigenvalue weighted by Gasteiger charge is 2.26. The van der Waals surface area contributed by atoms with Crippen molar-refractivity contribution in [2.45, 2.75) is 13.0 Å². The topological polar surface area (TPSA) is 112 Å². The Hall–Kier alpha value is -3.20. The standard InChI is InChI=1S/C17H16ClN7O2/c1-23-6-7-24-13(17(23)27)8-12(21-24)16-20-15(9-14(19)26)22-25(16)11-4-2-10(18)3-5-11/h2-5,8H,6-7,9H2,1H3,(H2,19,26). The van der Waals surface area contributed by atoms with Gasteiger partial charge < -0.3 is 10.6 Å². The fourth-order valence-electron chi connectivity index (χ4n) is 2.92. The number of fused-ring (bicyclic) bond motifs is 1. The fraction of sp³-hybridized carbons (Fsp3) is 0.235. The first-order chi connectivity index (χ1) is 12.9.